The summed E-state index contributed by atoms with van der Waals surface area (Å²) in [6.45, 7) is 1.79. The molecule has 5 nitrogen and oxygen atoms in total. The molecule has 0 aliphatic carbocycles. The maximum Gasteiger partial charge on any atom is 0.416 e. The van der Waals surface area contributed by atoms with Gasteiger partial charge in [-0.1, -0.05) is 6.92 Å². The summed E-state index contributed by atoms with van der Waals surface area (Å²) in [6.07, 6.45) is -3.83. The number of rotatable bonds is 6. The Morgan fingerprint density at radius 3 is 2.24 bits per heavy atom. The molecule has 1 aromatic carbocycles. The SMILES string of the molecule is CCCNC(=O)CNS(=O)(=O)c1ccc(C(F)(F)F)cc1. The van der Waals surface area contributed by atoms with Gasteiger partial charge < -0.3 is 5.32 Å². The molecule has 0 saturated carbocycles. The summed E-state index contributed by atoms with van der Waals surface area (Å²) in [5.41, 5.74) is -0.942. The maximum absolute atomic E-state index is 12.4. The molecule has 0 atom stereocenters. The van der Waals surface area contributed by atoms with Crippen LogP contribution in [0.2, 0.25) is 0 Å². The zero-order valence-electron chi connectivity index (χ0n) is 11.2. The fourth-order valence-corrected chi connectivity index (χ4v) is 2.38. The highest BCUT2D eigenvalue weighted by Crippen LogP contribution is 2.29. The molecule has 0 spiro atoms. The van der Waals surface area contributed by atoms with Crippen molar-refractivity contribution >= 4 is 15.9 Å². The second kappa shape index (κ2) is 6.90. The minimum Gasteiger partial charge on any atom is -0.355 e. The van der Waals surface area contributed by atoms with E-state index in [1.54, 1.807) is 0 Å². The van der Waals surface area contributed by atoms with Gasteiger partial charge in [-0.15, -0.1) is 0 Å². The van der Waals surface area contributed by atoms with E-state index in [1.165, 1.54) is 0 Å². The summed E-state index contributed by atoms with van der Waals surface area (Å²) in [5.74, 6) is -0.507. The van der Waals surface area contributed by atoms with E-state index in [0.717, 1.165) is 12.1 Å². The third-order valence-corrected chi connectivity index (χ3v) is 3.90. The molecule has 0 saturated heterocycles. The minimum absolute atomic E-state index is 0.334. The fourth-order valence-electron chi connectivity index (χ4n) is 1.39. The van der Waals surface area contributed by atoms with Crippen LogP contribution in [0.25, 0.3) is 0 Å². The zero-order chi connectivity index (χ0) is 16.1. The molecule has 0 unspecified atom stereocenters. The number of sulfonamides is 1. The van der Waals surface area contributed by atoms with Gasteiger partial charge >= 0.3 is 6.18 Å². The van der Waals surface area contributed by atoms with E-state index < -0.39 is 34.2 Å². The summed E-state index contributed by atoms with van der Waals surface area (Å²) >= 11 is 0. The van der Waals surface area contributed by atoms with E-state index in [-0.39, 0.29) is 4.90 Å². The lowest BCUT2D eigenvalue weighted by atomic mass is 10.2. The molecule has 9 heteroatoms. The van der Waals surface area contributed by atoms with Crippen molar-refractivity contribution in [3.8, 4) is 0 Å². The minimum atomic E-state index is -4.53. The molecule has 118 valence electrons. The quantitative estimate of drug-likeness (QED) is 0.833. The highest BCUT2D eigenvalue weighted by atomic mass is 32.2. The van der Waals surface area contributed by atoms with Gasteiger partial charge in [0.05, 0.1) is 17.0 Å². The van der Waals surface area contributed by atoms with Gasteiger partial charge in [-0.25, -0.2) is 13.1 Å². The largest absolute Gasteiger partial charge is 0.416 e. The topological polar surface area (TPSA) is 75.3 Å². The summed E-state index contributed by atoms with van der Waals surface area (Å²) in [7, 11) is -4.02. The second-order valence-electron chi connectivity index (χ2n) is 4.20. The van der Waals surface area contributed by atoms with Crippen LogP contribution in [0, 0.1) is 0 Å². The number of carbonyl (C=O) groups excluding carboxylic acids is 1. The fraction of sp³-hybridized carbons (Fsp3) is 0.417. The summed E-state index contributed by atoms with van der Waals surface area (Å²) in [6, 6.07) is 3.03. The molecule has 0 fully saturated rings. The average Bonchev–Trinajstić information content (AvgIpc) is 2.42. The van der Waals surface area contributed by atoms with Gasteiger partial charge in [0.1, 0.15) is 0 Å². The van der Waals surface area contributed by atoms with E-state index in [2.05, 4.69) is 5.32 Å². The van der Waals surface area contributed by atoms with E-state index in [1.807, 2.05) is 11.6 Å². The van der Waals surface area contributed by atoms with Crippen LogP contribution in [0.5, 0.6) is 0 Å². The summed E-state index contributed by atoms with van der Waals surface area (Å²) in [5, 5.41) is 2.47. The Morgan fingerprint density at radius 1 is 1.19 bits per heavy atom. The maximum atomic E-state index is 12.4. The molecule has 0 bridgehead atoms. The number of hydrogen-bond donors (Lipinski definition) is 2. The van der Waals surface area contributed by atoms with Gasteiger partial charge in [-0.3, -0.25) is 4.79 Å². The van der Waals surface area contributed by atoms with Gasteiger partial charge in [-0.05, 0) is 30.7 Å². The Hall–Kier alpha value is -1.61. The standard InChI is InChI=1S/C12H15F3N2O3S/c1-2-7-16-11(18)8-17-21(19,20)10-5-3-9(4-6-10)12(13,14)15/h3-6,17H,2,7-8H2,1H3,(H,16,18). The Bertz CT molecular complexity index is 583. The molecule has 1 aromatic rings. The molecular weight excluding hydrogens is 309 g/mol. The van der Waals surface area contributed by atoms with Crippen molar-refractivity contribution in [1.82, 2.24) is 10.0 Å². The molecule has 0 aliphatic rings. The van der Waals surface area contributed by atoms with Crippen molar-refractivity contribution in [2.24, 2.45) is 0 Å². The van der Waals surface area contributed by atoms with Crippen LogP contribution < -0.4 is 10.0 Å². The van der Waals surface area contributed by atoms with Crippen LogP contribution >= 0.6 is 0 Å². The van der Waals surface area contributed by atoms with Crippen molar-refractivity contribution in [2.75, 3.05) is 13.1 Å². The van der Waals surface area contributed by atoms with Crippen molar-refractivity contribution in [3.05, 3.63) is 29.8 Å². The Balaban J connectivity index is 2.73. The van der Waals surface area contributed by atoms with Gasteiger partial charge in [0.15, 0.2) is 0 Å². The highest BCUT2D eigenvalue weighted by molar-refractivity contribution is 7.89. The Morgan fingerprint density at radius 2 is 1.76 bits per heavy atom. The molecular formula is C12H15F3N2O3S. The molecule has 0 aliphatic heterocycles. The predicted octanol–water partition coefficient (Wildman–Crippen LogP) is 1.51. The van der Waals surface area contributed by atoms with Crippen LogP contribution in [0.1, 0.15) is 18.9 Å². The highest BCUT2D eigenvalue weighted by Gasteiger charge is 2.30. The smallest absolute Gasteiger partial charge is 0.355 e. The van der Waals surface area contributed by atoms with Crippen molar-refractivity contribution in [2.45, 2.75) is 24.4 Å². The third-order valence-electron chi connectivity index (χ3n) is 2.49. The summed E-state index contributed by atoms with van der Waals surface area (Å²) in [4.78, 5) is 10.9. The molecule has 0 aromatic heterocycles. The van der Waals surface area contributed by atoms with Crippen LogP contribution in [0.4, 0.5) is 13.2 Å². The monoisotopic (exact) mass is 324 g/mol. The van der Waals surface area contributed by atoms with Crippen LogP contribution in [0.15, 0.2) is 29.2 Å². The third kappa shape index (κ3) is 5.35. The lowest BCUT2D eigenvalue weighted by molar-refractivity contribution is -0.137. The molecule has 1 amide bonds. The normalized spacial score (nSPS) is 12.2. The number of nitrogens with one attached hydrogen (secondary N) is 2. The number of hydrogen-bond acceptors (Lipinski definition) is 3. The number of benzene rings is 1. The molecule has 1 rings (SSSR count). The number of carbonyl (C=O) groups is 1. The van der Waals surface area contributed by atoms with E-state index in [0.29, 0.717) is 25.1 Å². The van der Waals surface area contributed by atoms with Gasteiger partial charge in [0.25, 0.3) is 0 Å². The first-order chi connectivity index (χ1) is 9.66. The van der Waals surface area contributed by atoms with E-state index in [4.69, 9.17) is 0 Å². The Kier molecular flexibility index (Phi) is 5.73. The molecule has 2 N–H and O–H groups in total. The first-order valence-corrected chi connectivity index (χ1v) is 7.58. The van der Waals surface area contributed by atoms with Crippen LogP contribution in [-0.2, 0) is 21.0 Å². The second-order valence-corrected chi connectivity index (χ2v) is 5.96. The van der Waals surface area contributed by atoms with Gasteiger partial charge in [0.2, 0.25) is 15.9 Å². The van der Waals surface area contributed by atoms with E-state index in [9.17, 15) is 26.4 Å². The van der Waals surface area contributed by atoms with Crippen LogP contribution in [0.3, 0.4) is 0 Å². The number of amides is 1. The van der Waals surface area contributed by atoms with Gasteiger partial charge in [-0.2, -0.15) is 13.2 Å². The van der Waals surface area contributed by atoms with Crippen molar-refractivity contribution in [3.63, 3.8) is 0 Å². The first kappa shape index (κ1) is 17.4. The first-order valence-electron chi connectivity index (χ1n) is 6.10. The Labute approximate surface area is 120 Å². The van der Waals surface area contributed by atoms with E-state index >= 15 is 0 Å². The molecule has 21 heavy (non-hydrogen) atoms. The molecule has 0 heterocycles. The number of halogens is 3. The summed E-state index contributed by atoms with van der Waals surface area (Å²) < 4.78 is 62.7. The average molecular weight is 324 g/mol. The van der Waals surface area contributed by atoms with Crippen molar-refractivity contribution < 1.29 is 26.4 Å². The zero-order valence-corrected chi connectivity index (χ0v) is 12.0. The predicted molar refractivity (Wildman–Crippen MR) is 69.9 cm³/mol. The van der Waals surface area contributed by atoms with Crippen molar-refractivity contribution in [1.29, 1.82) is 0 Å². The molecule has 0 radical (unpaired) electrons. The van der Waals surface area contributed by atoms with Crippen LogP contribution in [-0.4, -0.2) is 27.4 Å². The van der Waals surface area contributed by atoms with Gasteiger partial charge in [0, 0.05) is 6.54 Å². The lowest BCUT2D eigenvalue weighted by Crippen LogP contribution is -2.37. The number of alkyl halides is 3. The lowest BCUT2D eigenvalue weighted by Gasteiger charge is -2.09.